The van der Waals surface area contributed by atoms with Gasteiger partial charge < -0.3 is 10.3 Å². The molecule has 5 nitrogen and oxygen atoms in total. The Bertz CT molecular complexity index is 392. The average Bonchev–Trinajstić information content (AvgIpc) is 3.10. The van der Waals surface area contributed by atoms with E-state index in [0.29, 0.717) is 6.54 Å². The highest BCUT2D eigenvalue weighted by Gasteiger charge is 2.26. The summed E-state index contributed by atoms with van der Waals surface area (Å²) in [4.78, 5) is 5.13. The van der Waals surface area contributed by atoms with Crippen LogP contribution in [0, 0.1) is 0 Å². The van der Waals surface area contributed by atoms with Gasteiger partial charge in [-0.2, -0.15) is 0 Å². The Kier molecular flexibility index (Phi) is 4.15. The molecular formula is C14H24N4O. The van der Waals surface area contributed by atoms with E-state index in [0.717, 1.165) is 37.1 Å². The fraction of sp³-hybridized carbons (Fsp3) is 0.786. The quantitative estimate of drug-likeness (QED) is 0.885. The van der Waals surface area contributed by atoms with Gasteiger partial charge in [0, 0.05) is 44.8 Å². The van der Waals surface area contributed by atoms with Gasteiger partial charge >= 0.3 is 0 Å². The van der Waals surface area contributed by atoms with Crippen molar-refractivity contribution < 1.29 is 4.52 Å². The molecule has 0 spiro atoms. The second-order valence-corrected chi connectivity index (χ2v) is 5.74. The molecule has 2 N–H and O–H groups in total. The van der Waals surface area contributed by atoms with Crippen molar-refractivity contribution in [1.29, 1.82) is 0 Å². The minimum atomic E-state index is 0.457. The number of hydrogen-bond donors (Lipinski definition) is 1. The van der Waals surface area contributed by atoms with E-state index in [-0.39, 0.29) is 0 Å². The standard InChI is InChI=1S/C14H24N4O/c15-10-12-9-14(19-16-12)11-17-5-7-18(8-6-17)13-3-1-2-4-13/h9,13H,1-8,10-11,15H2. The first-order chi connectivity index (χ1) is 9.35. The molecule has 3 rings (SSSR count). The number of nitrogens with zero attached hydrogens (tertiary/aromatic N) is 3. The molecule has 19 heavy (non-hydrogen) atoms. The lowest BCUT2D eigenvalue weighted by molar-refractivity contribution is 0.0879. The summed E-state index contributed by atoms with van der Waals surface area (Å²) in [5.74, 6) is 0.940. The van der Waals surface area contributed by atoms with Gasteiger partial charge in [0.2, 0.25) is 0 Å². The van der Waals surface area contributed by atoms with Crippen LogP contribution in [0.25, 0.3) is 0 Å². The molecule has 1 saturated heterocycles. The molecule has 5 heteroatoms. The number of piperazine rings is 1. The maximum Gasteiger partial charge on any atom is 0.151 e. The van der Waals surface area contributed by atoms with Gasteiger partial charge in [-0.1, -0.05) is 18.0 Å². The lowest BCUT2D eigenvalue weighted by Crippen LogP contribution is -2.49. The van der Waals surface area contributed by atoms with Crippen LogP contribution in [0.2, 0.25) is 0 Å². The summed E-state index contributed by atoms with van der Waals surface area (Å²) >= 11 is 0. The van der Waals surface area contributed by atoms with Crippen molar-refractivity contribution in [1.82, 2.24) is 15.0 Å². The molecule has 0 unspecified atom stereocenters. The van der Waals surface area contributed by atoms with Crippen LogP contribution in [-0.4, -0.2) is 47.2 Å². The lowest BCUT2D eigenvalue weighted by atomic mass is 10.2. The van der Waals surface area contributed by atoms with Crippen molar-refractivity contribution in [2.45, 2.75) is 44.8 Å². The van der Waals surface area contributed by atoms with Crippen molar-refractivity contribution in [3.8, 4) is 0 Å². The summed E-state index contributed by atoms with van der Waals surface area (Å²) in [6.07, 6.45) is 5.65. The summed E-state index contributed by atoms with van der Waals surface area (Å²) in [5.41, 5.74) is 6.39. The van der Waals surface area contributed by atoms with Crippen LogP contribution in [0.4, 0.5) is 0 Å². The van der Waals surface area contributed by atoms with Gasteiger partial charge in [-0.05, 0) is 12.8 Å². The molecule has 1 aromatic rings. The fourth-order valence-corrected chi connectivity index (χ4v) is 3.30. The van der Waals surface area contributed by atoms with Gasteiger partial charge in [0.25, 0.3) is 0 Å². The molecule has 0 radical (unpaired) electrons. The highest BCUT2D eigenvalue weighted by molar-refractivity contribution is 5.04. The number of aromatic nitrogens is 1. The van der Waals surface area contributed by atoms with Crippen molar-refractivity contribution in [3.05, 3.63) is 17.5 Å². The molecule has 106 valence electrons. The van der Waals surface area contributed by atoms with Gasteiger partial charge in [-0.3, -0.25) is 9.80 Å². The van der Waals surface area contributed by atoms with Gasteiger partial charge in [0.15, 0.2) is 5.76 Å². The summed E-state index contributed by atoms with van der Waals surface area (Å²) in [6, 6.07) is 2.83. The Labute approximate surface area is 114 Å². The second-order valence-electron chi connectivity index (χ2n) is 5.74. The van der Waals surface area contributed by atoms with Crippen molar-refractivity contribution in [3.63, 3.8) is 0 Å². The van der Waals surface area contributed by atoms with E-state index < -0.39 is 0 Å². The molecule has 1 aliphatic carbocycles. The van der Waals surface area contributed by atoms with Gasteiger partial charge in [0.1, 0.15) is 0 Å². The first-order valence-corrected chi connectivity index (χ1v) is 7.46. The molecule has 1 saturated carbocycles. The highest BCUT2D eigenvalue weighted by Crippen LogP contribution is 2.24. The lowest BCUT2D eigenvalue weighted by Gasteiger charge is -2.37. The van der Waals surface area contributed by atoms with Gasteiger partial charge in [-0.15, -0.1) is 0 Å². The molecule has 2 fully saturated rings. The van der Waals surface area contributed by atoms with Crippen molar-refractivity contribution >= 4 is 0 Å². The first kappa shape index (κ1) is 13.1. The molecule has 2 aliphatic rings. The van der Waals surface area contributed by atoms with Crippen LogP contribution in [0.1, 0.15) is 37.1 Å². The summed E-state index contributed by atoms with van der Waals surface area (Å²) < 4.78 is 5.30. The zero-order valence-corrected chi connectivity index (χ0v) is 11.6. The monoisotopic (exact) mass is 264 g/mol. The topological polar surface area (TPSA) is 58.5 Å². The predicted molar refractivity (Wildman–Crippen MR) is 73.5 cm³/mol. The Balaban J connectivity index is 1.47. The Morgan fingerprint density at radius 2 is 1.95 bits per heavy atom. The molecule has 0 aromatic carbocycles. The van der Waals surface area contributed by atoms with Crippen LogP contribution >= 0.6 is 0 Å². The first-order valence-electron chi connectivity index (χ1n) is 7.46. The molecule has 0 amide bonds. The van der Waals surface area contributed by atoms with E-state index in [9.17, 15) is 0 Å². The molecule has 1 aliphatic heterocycles. The average molecular weight is 264 g/mol. The molecule has 2 heterocycles. The summed E-state index contributed by atoms with van der Waals surface area (Å²) in [6.45, 7) is 5.99. The normalized spacial score (nSPS) is 23.2. The predicted octanol–water partition coefficient (Wildman–Crippen LogP) is 1.19. The second kappa shape index (κ2) is 6.03. The SMILES string of the molecule is NCc1cc(CN2CCN(C3CCCC3)CC2)on1. The van der Waals surface area contributed by atoms with Crippen molar-refractivity contribution in [2.24, 2.45) is 5.73 Å². The minimum absolute atomic E-state index is 0.457. The van der Waals surface area contributed by atoms with E-state index in [1.54, 1.807) is 0 Å². The maximum absolute atomic E-state index is 5.54. The number of rotatable bonds is 4. The van der Waals surface area contributed by atoms with Crippen LogP contribution in [0.5, 0.6) is 0 Å². The highest BCUT2D eigenvalue weighted by atomic mass is 16.5. The largest absolute Gasteiger partial charge is 0.360 e. The third kappa shape index (κ3) is 3.16. The van der Waals surface area contributed by atoms with E-state index in [1.165, 1.54) is 38.8 Å². The van der Waals surface area contributed by atoms with E-state index in [1.807, 2.05) is 6.07 Å². The van der Waals surface area contributed by atoms with E-state index >= 15 is 0 Å². The zero-order chi connectivity index (χ0) is 13.1. The van der Waals surface area contributed by atoms with E-state index in [4.69, 9.17) is 10.3 Å². The Morgan fingerprint density at radius 3 is 2.58 bits per heavy atom. The molecule has 1 aromatic heterocycles. The molecular weight excluding hydrogens is 240 g/mol. The fourth-order valence-electron chi connectivity index (χ4n) is 3.30. The zero-order valence-electron chi connectivity index (χ0n) is 11.6. The minimum Gasteiger partial charge on any atom is -0.360 e. The van der Waals surface area contributed by atoms with Gasteiger partial charge in [0.05, 0.1) is 12.2 Å². The summed E-state index contributed by atoms with van der Waals surface area (Å²) in [7, 11) is 0. The third-order valence-electron chi connectivity index (χ3n) is 4.44. The Hall–Kier alpha value is -0.910. The third-order valence-corrected chi connectivity index (χ3v) is 4.44. The number of nitrogens with two attached hydrogens (primary N) is 1. The van der Waals surface area contributed by atoms with Gasteiger partial charge in [-0.25, -0.2) is 0 Å². The van der Waals surface area contributed by atoms with Crippen molar-refractivity contribution in [2.75, 3.05) is 26.2 Å². The smallest absolute Gasteiger partial charge is 0.151 e. The van der Waals surface area contributed by atoms with Crippen LogP contribution < -0.4 is 5.73 Å². The Morgan fingerprint density at radius 1 is 1.21 bits per heavy atom. The van der Waals surface area contributed by atoms with E-state index in [2.05, 4.69) is 15.0 Å². The van der Waals surface area contributed by atoms with Crippen LogP contribution in [-0.2, 0) is 13.1 Å². The number of hydrogen-bond acceptors (Lipinski definition) is 5. The van der Waals surface area contributed by atoms with Crippen LogP contribution in [0.3, 0.4) is 0 Å². The van der Waals surface area contributed by atoms with Crippen LogP contribution in [0.15, 0.2) is 10.6 Å². The molecule has 0 atom stereocenters. The maximum atomic E-state index is 5.54. The molecule has 0 bridgehead atoms. The summed E-state index contributed by atoms with van der Waals surface area (Å²) in [5, 5.41) is 3.94.